The lowest BCUT2D eigenvalue weighted by Gasteiger charge is -2.50. The summed E-state index contributed by atoms with van der Waals surface area (Å²) in [5.41, 5.74) is 0. The highest BCUT2D eigenvalue weighted by molar-refractivity contribution is 7.09. The van der Waals surface area contributed by atoms with Crippen molar-refractivity contribution >= 4 is 11.3 Å². The Morgan fingerprint density at radius 3 is 2.68 bits per heavy atom. The number of aromatic nitrogens is 1. The van der Waals surface area contributed by atoms with E-state index in [-0.39, 0.29) is 0 Å². The minimum Gasteiger partial charge on any atom is -0.378 e. The molecule has 0 N–H and O–H groups in total. The lowest BCUT2D eigenvalue weighted by atomic mass is 10.0. The Bertz CT molecular complexity index is 381. The van der Waals surface area contributed by atoms with Crippen LogP contribution in [0.5, 0.6) is 0 Å². The molecule has 5 heteroatoms. The van der Waals surface area contributed by atoms with Crippen LogP contribution in [0.4, 0.5) is 0 Å². The Balaban J connectivity index is 1.64. The monoisotopic (exact) mass is 281 g/mol. The lowest BCUT2D eigenvalue weighted by Crippen LogP contribution is -2.64. The molecule has 0 saturated carbocycles. The summed E-state index contributed by atoms with van der Waals surface area (Å²) in [6, 6.07) is 1.13. The zero-order valence-corrected chi connectivity index (χ0v) is 12.6. The molecule has 0 unspecified atom stereocenters. The van der Waals surface area contributed by atoms with Crippen LogP contribution in [0.3, 0.4) is 0 Å². The van der Waals surface area contributed by atoms with Crippen LogP contribution in [-0.2, 0) is 11.3 Å². The molecule has 0 spiro atoms. The first-order chi connectivity index (χ1) is 9.22. The first-order valence-electron chi connectivity index (χ1n) is 7.16. The number of rotatable bonds is 4. The smallest absolute Gasteiger partial charge is 0.107 e. The Hall–Kier alpha value is -0.490. The van der Waals surface area contributed by atoms with Gasteiger partial charge in [0.2, 0.25) is 0 Å². The molecular weight excluding hydrogens is 258 g/mol. The summed E-state index contributed by atoms with van der Waals surface area (Å²) in [6.07, 6.45) is 1.90. The second-order valence-corrected chi connectivity index (χ2v) is 7.03. The van der Waals surface area contributed by atoms with Crippen molar-refractivity contribution in [2.24, 2.45) is 5.92 Å². The molecule has 2 saturated heterocycles. The number of ether oxygens (including phenoxy) is 1. The molecular formula is C14H23N3OS. The van der Waals surface area contributed by atoms with Crippen molar-refractivity contribution in [1.29, 1.82) is 0 Å². The molecule has 106 valence electrons. The number of fused-ring (bicyclic) bond motifs is 2. The molecule has 19 heavy (non-hydrogen) atoms. The maximum absolute atomic E-state index is 5.75. The Labute approximate surface area is 119 Å². The van der Waals surface area contributed by atoms with Crippen LogP contribution in [0.15, 0.2) is 11.6 Å². The van der Waals surface area contributed by atoms with E-state index >= 15 is 0 Å². The average Bonchev–Trinajstić information content (AvgIpc) is 2.82. The third kappa shape index (κ3) is 3.16. The summed E-state index contributed by atoms with van der Waals surface area (Å²) in [6.45, 7) is 10.8. The highest BCUT2D eigenvalue weighted by Gasteiger charge is 2.38. The number of piperazine rings is 1. The standard InChI is InChI=1S/C14H23N3OS/c1-11(2)5-17-12-6-16(7-13(17)10-18-9-12)8-14-15-3-4-19-14/h3-4,11-13H,5-10H2,1-2H3/t12-,13-/m1/s1. The van der Waals surface area contributed by atoms with Crippen LogP contribution in [0, 0.1) is 5.92 Å². The molecule has 0 amide bonds. The van der Waals surface area contributed by atoms with Crippen LogP contribution in [0.25, 0.3) is 0 Å². The molecule has 1 aromatic rings. The van der Waals surface area contributed by atoms with Gasteiger partial charge < -0.3 is 4.74 Å². The van der Waals surface area contributed by atoms with E-state index in [2.05, 4.69) is 34.0 Å². The van der Waals surface area contributed by atoms with E-state index in [0.29, 0.717) is 12.1 Å². The van der Waals surface area contributed by atoms with Crippen molar-refractivity contribution < 1.29 is 4.74 Å². The maximum Gasteiger partial charge on any atom is 0.107 e. The second-order valence-electron chi connectivity index (χ2n) is 6.06. The van der Waals surface area contributed by atoms with E-state index in [4.69, 9.17) is 4.74 Å². The number of hydrogen-bond acceptors (Lipinski definition) is 5. The Morgan fingerprint density at radius 2 is 2.11 bits per heavy atom. The third-order valence-electron chi connectivity index (χ3n) is 3.91. The molecule has 2 bridgehead atoms. The molecule has 2 atom stereocenters. The predicted molar refractivity (Wildman–Crippen MR) is 77.3 cm³/mol. The minimum absolute atomic E-state index is 0.565. The normalized spacial score (nSPS) is 29.0. The Morgan fingerprint density at radius 1 is 1.37 bits per heavy atom. The quantitative estimate of drug-likeness (QED) is 0.839. The van der Waals surface area contributed by atoms with E-state index in [9.17, 15) is 0 Å². The second kappa shape index (κ2) is 5.87. The van der Waals surface area contributed by atoms with Gasteiger partial charge in [-0.05, 0) is 5.92 Å². The van der Waals surface area contributed by atoms with Gasteiger partial charge in [0.05, 0.1) is 19.8 Å². The van der Waals surface area contributed by atoms with Crippen LogP contribution in [-0.4, -0.2) is 59.7 Å². The van der Waals surface area contributed by atoms with Crippen molar-refractivity contribution in [2.75, 3.05) is 32.8 Å². The molecule has 1 aromatic heterocycles. The lowest BCUT2D eigenvalue weighted by molar-refractivity contribution is -0.102. The van der Waals surface area contributed by atoms with Crippen LogP contribution in [0.1, 0.15) is 18.9 Å². The van der Waals surface area contributed by atoms with Gasteiger partial charge in [0.25, 0.3) is 0 Å². The number of thiazole rings is 1. The fourth-order valence-electron chi connectivity index (χ4n) is 3.19. The summed E-state index contributed by atoms with van der Waals surface area (Å²) in [7, 11) is 0. The highest BCUT2D eigenvalue weighted by Crippen LogP contribution is 2.24. The van der Waals surface area contributed by atoms with Crippen molar-refractivity contribution in [3.05, 3.63) is 16.6 Å². The van der Waals surface area contributed by atoms with Gasteiger partial charge in [0.1, 0.15) is 5.01 Å². The molecule has 0 aliphatic carbocycles. The summed E-state index contributed by atoms with van der Waals surface area (Å²) in [4.78, 5) is 9.63. The summed E-state index contributed by atoms with van der Waals surface area (Å²) in [5.74, 6) is 0.730. The molecule has 3 rings (SSSR count). The van der Waals surface area contributed by atoms with Crippen LogP contribution >= 0.6 is 11.3 Å². The van der Waals surface area contributed by atoms with Gasteiger partial charge in [-0.3, -0.25) is 9.80 Å². The molecule has 3 heterocycles. The molecule has 2 aliphatic rings. The fourth-order valence-corrected chi connectivity index (χ4v) is 3.84. The van der Waals surface area contributed by atoms with Gasteiger partial charge in [-0.2, -0.15) is 0 Å². The average molecular weight is 281 g/mol. The van der Waals surface area contributed by atoms with E-state index in [1.165, 1.54) is 11.6 Å². The molecule has 4 nitrogen and oxygen atoms in total. The van der Waals surface area contributed by atoms with Gasteiger partial charge in [0, 0.05) is 43.3 Å². The number of morpholine rings is 1. The van der Waals surface area contributed by atoms with Crippen molar-refractivity contribution in [1.82, 2.24) is 14.8 Å². The van der Waals surface area contributed by atoms with Crippen molar-refractivity contribution in [3.8, 4) is 0 Å². The SMILES string of the molecule is CC(C)CN1[C@H]2COC[C@H]1CN(Cc1nccs1)C2. The summed E-state index contributed by atoms with van der Waals surface area (Å²) >= 11 is 1.76. The van der Waals surface area contributed by atoms with Crippen molar-refractivity contribution in [3.63, 3.8) is 0 Å². The van der Waals surface area contributed by atoms with Gasteiger partial charge in [-0.15, -0.1) is 11.3 Å². The summed E-state index contributed by atoms with van der Waals surface area (Å²) < 4.78 is 5.75. The number of nitrogens with zero attached hydrogens (tertiary/aromatic N) is 3. The molecule has 0 aromatic carbocycles. The molecule has 0 radical (unpaired) electrons. The molecule has 2 aliphatic heterocycles. The summed E-state index contributed by atoms with van der Waals surface area (Å²) in [5, 5.41) is 3.30. The van der Waals surface area contributed by atoms with E-state index < -0.39 is 0 Å². The highest BCUT2D eigenvalue weighted by atomic mass is 32.1. The van der Waals surface area contributed by atoms with E-state index in [1.807, 2.05) is 6.20 Å². The van der Waals surface area contributed by atoms with Gasteiger partial charge in [0.15, 0.2) is 0 Å². The first-order valence-corrected chi connectivity index (χ1v) is 8.04. The third-order valence-corrected chi connectivity index (χ3v) is 4.68. The van der Waals surface area contributed by atoms with Gasteiger partial charge in [-0.25, -0.2) is 4.98 Å². The van der Waals surface area contributed by atoms with Crippen molar-refractivity contribution in [2.45, 2.75) is 32.5 Å². The zero-order valence-electron chi connectivity index (χ0n) is 11.8. The topological polar surface area (TPSA) is 28.6 Å². The van der Waals surface area contributed by atoms with Gasteiger partial charge >= 0.3 is 0 Å². The first kappa shape index (κ1) is 13.5. The maximum atomic E-state index is 5.75. The Kier molecular flexibility index (Phi) is 4.17. The van der Waals surface area contributed by atoms with Crippen LogP contribution < -0.4 is 0 Å². The van der Waals surface area contributed by atoms with Gasteiger partial charge in [-0.1, -0.05) is 13.8 Å². The largest absolute Gasteiger partial charge is 0.378 e. The zero-order chi connectivity index (χ0) is 13.2. The fraction of sp³-hybridized carbons (Fsp3) is 0.786. The van der Waals surface area contributed by atoms with E-state index in [0.717, 1.165) is 38.8 Å². The van der Waals surface area contributed by atoms with E-state index in [1.54, 1.807) is 11.3 Å². The van der Waals surface area contributed by atoms with Crippen LogP contribution in [0.2, 0.25) is 0 Å². The minimum atomic E-state index is 0.565. The predicted octanol–water partition coefficient (Wildman–Crippen LogP) is 1.68. The molecule has 2 fully saturated rings. The number of hydrogen-bond donors (Lipinski definition) is 0.